The van der Waals surface area contributed by atoms with Gasteiger partial charge in [-0.05, 0) is 6.92 Å². The van der Waals surface area contributed by atoms with Crippen molar-refractivity contribution >= 4 is 44.9 Å². The number of aryl methyl sites for hydroxylation is 1. The minimum absolute atomic E-state index is 0.257. The molecule has 3 rings (SSSR count). The summed E-state index contributed by atoms with van der Waals surface area (Å²) in [5.74, 6) is 0.601. The summed E-state index contributed by atoms with van der Waals surface area (Å²) in [6.07, 6.45) is 0. The van der Waals surface area contributed by atoms with E-state index in [4.69, 9.17) is 5.73 Å². The summed E-state index contributed by atoms with van der Waals surface area (Å²) >= 11 is 2.45. The van der Waals surface area contributed by atoms with Gasteiger partial charge in [0, 0.05) is 37.7 Å². The quantitative estimate of drug-likeness (QED) is 0.756. The molecule has 0 unspecified atom stereocenters. The van der Waals surface area contributed by atoms with Crippen LogP contribution in [0.3, 0.4) is 0 Å². The van der Waals surface area contributed by atoms with E-state index < -0.39 is 0 Å². The fourth-order valence-electron chi connectivity index (χ4n) is 1.98. The summed E-state index contributed by atoms with van der Waals surface area (Å²) < 4.78 is 4.02. The molecule has 0 aromatic carbocycles. The first-order valence-corrected chi connectivity index (χ1v) is 8.06. The third kappa shape index (κ3) is 3.12. The number of carbonyl (C=O) groups excluding carboxylic acids is 1. The molecule has 3 heterocycles. The van der Waals surface area contributed by atoms with Crippen molar-refractivity contribution in [2.24, 2.45) is 0 Å². The van der Waals surface area contributed by atoms with Crippen LogP contribution in [0.1, 0.15) is 15.5 Å². The number of aromatic nitrogens is 3. The Kier molecular flexibility index (Phi) is 3.99. The Balaban J connectivity index is 1.75. The molecule has 1 aliphatic heterocycles. The number of nitrogens with two attached hydrogens (primary N) is 1. The fourth-order valence-corrected chi connectivity index (χ4v) is 3.48. The summed E-state index contributed by atoms with van der Waals surface area (Å²) in [5.41, 5.74) is 5.87. The second kappa shape index (κ2) is 5.92. The zero-order valence-corrected chi connectivity index (χ0v) is 13.1. The number of anilines is 3. The molecule has 1 fully saturated rings. The van der Waals surface area contributed by atoms with E-state index >= 15 is 0 Å². The molecule has 10 heteroatoms. The van der Waals surface area contributed by atoms with Gasteiger partial charge in [-0.25, -0.2) is 9.97 Å². The maximum Gasteiger partial charge on any atom is 0.271 e. The molecule has 0 atom stereocenters. The number of piperazine rings is 1. The first-order valence-electron chi connectivity index (χ1n) is 6.47. The van der Waals surface area contributed by atoms with Gasteiger partial charge in [0.25, 0.3) is 5.91 Å². The summed E-state index contributed by atoms with van der Waals surface area (Å²) in [7, 11) is 0. The lowest BCUT2D eigenvalue weighted by Crippen LogP contribution is -2.43. The van der Waals surface area contributed by atoms with Crippen LogP contribution in [0.25, 0.3) is 0 Å². The van der Waals surface area contributed by atoms with E-state index in [1.807, 2.05) is 0 Å². The van der Waals surface area contributed by atoms with Crippen molar-refractivity contribution in [1.29, 1.82) is 0 Å². The average molecular weight is 325 g/mol. The molecule has 0 saturated carbocycles. The largest absolute Gasteiger partial charge is 0.382 e. The fraction of sp³-hybridized carbons (Fsp3) is 0.455. The monoisotopic (exact) mass is 325 g/mol. The van der Waals surface area contributed by atoms with Gasteiger partial charge in [0.15, 0.2) is 5.13 Å². The van der Waals surface area contributed by atoms with E-state index in [0.717, 1.165) is 42.8 Å². The van der Waals surface area contributed by atoms with Gasteiger partial charge in [-0.1, -0.05) is 11.3 Å². The molecule has 0 bridgehead atoms. The molecule has 0 spiro atoms. The SMILES string of the molecule is Cc1nsc(NC(=O)c2sc(N3CCNCC3)nc2N)n1. The van der Waals surface area contributed by atoms with Gasteiger partial charge < -0.3 is 16.0 Å². The zero-order valence-electron chi connectivity index (χ0n) is 11.4. The Labute approximate surface area is 129 Å². The maximum atomic E-state index is 12.2. The van der Waals surface area contributed by atoms with E-state index in [9.17, 15) is 4.79 Å². The predicted octanol–water partition coefficient (Wildman–Crippen LogP) is 0.547. The highest BCUT2D eigenvalue weighted by Crippen LogP contribution is 2.29. The Bertz CT molecular complexity index is 647. The van der Waals surface area contributed by atoms with Crippen molar-refractivity contribution in [3.05, 3.63) is 10.7 Å². The molecule has 8 nitrogen and oxygen atoms in total. The van der Waals surface area contributed by atoms with Crippen LogP contribution < -0.4 is 21.3 Å². The third-order valence-corrected chi connectivity index (χ3v) is 4.84. The molecule has 1 saturated heterocycles. The van der Waals surface area contributed by atoms with E-state index in [0.29, 0.717) is 15.8 Å². The summed E-state index contributed by atoms with van der Waals surface area (Å²) in [4.78, 5) is 23.2. The predicted molar refractivity (Wildman–Crippen MR) is 84.2 cm³/mol. The highest BCUT2D eigenvalue weighted by atomic mass is 32.1. The second-order valence-corrected chi connectivity index (χ2v) is 6.28. The van der Waals surface area contributed by atoms with E-state index in [-0.39, 0.29) is 11.7 Å². The number of amides is 1. The lowest BCUT2D eigenvalue weighted by molar-refractivity contribution is 0.103. The Morgan fingerprint density at radius 3 is 2.81 bits per heavy atom. The Morgan fingerprint density at radius 2 is 2.14 bits per heavy atom. The van der Waals surface area contributed by atoms with Gasteiger partial charge in [0.2, 0.25) is 5.13 Å². The van der Waals surface area contributed by atoms with Crippen molar-refractivity contribution in [2.75, 3.05) is 42.1 Å². The molecule has 1 amide bonds. The van der Waals surface area contributed by atoms with Crippen LogP contribution in [0, 0.1) is 6.92 Å². The molecular formula is C11H15N7OS2. The average Bonchev–Trinajstić information content (AvgIpc) is 3.06. The van der Waals surface area contributed by atoms with Gasteiger partial charge in [0.1, 0.15) is 16.5 Å². The van der Waals surface area contributed by atoms with Crippen LogP contribution in [0.4, 0.5) is 16.1 Å². The molecule has 112 valence electrons. The topological polar surface area (TPSA) is 109 Å². The normalized spacial score (nSPS) is 15.2. The number of thiazole rings is 1. The number of nitrogen functional groups attached to an aromatic ring is 1. The number of hydrogen-bond donors (Lipinski definition) is 3. The summed E-state index contributed by atoms with van der Waals surface area (Å²) in [5, 5.41) is 7.23. The second-order valence-electron chi connectivity index (χ2n) is 4.55. The van der Waals surface area contributed by atoms with Crippen LogP contribution in [0.15, 0.2) is 0 Å². The van der Waals surface area contributed by atoms with Gasteiger partial charge in [-0.15, -0.1) is 0 Å². The van der Waals surface area contributed by atoms with Crippen LogP contribution in [0.5, 0.6) is 0 Å². The van der Waals surface area contributed by atoms with Crippen LogP contribution in [-0.2, 0) is 0 Å². The standard InChI is InChI=1S/C11H15N7OS2/c1-6-14-10(21-17-6)16-9(19)7-8(12)15-11(20-7)18-4-2-13-3-5-18/h13H,2-5,12H2,1H3,(H,14,16,17,19). The number of carbonyl (C=O) groups is 1. The highest BCUT2D eigenvalue weighted by Gasteiger charge is 2.21. The van der Waals surface area contributed by atoms with Crippen molar-refractivity contribution in [1.82, 2.24) is 19.7 Å². The summed E-state index contributed by atoms with van der Waals surface area (Å²) in [6, 6.07) is 0. The van der Waals surface area contributed by atoms with Crippen LogP contribution in [-0.4, -0.2) is 46.4 Å². The first kappa shape index (κ1) is 14.2. The summed E-state index contributed by atoms with van der Waals surface area (Å²) in [6.45, 7) is 5.32. The minimum Gasteiger partial charge on any atom is -0.382 e. The van der Waals surface area contributed by atoms with Gasteiger partial charge >= 0.3 is 0 Å². The lowest BCUT2D eigenvalue weighted by atomic mass is 10.4. The van der Waals surface area contributed by atoms with Gasteiger partial charge in [0.05, 0.1) is 0 Å². The molecule has 21 heavy (non-hydrogen) atoms. The molecule has 1 aliphatic rings. The van der Waals surface area contributed by atoms with Crippen LogP contribution in [0.2, 0.25) is 0 Å². The van der Waals surface area contributed by atoms with Crippen LogP contribution >= 0.6 is 22.9 Å². The number of nitrogens with zero attached hydrogens (tertiary/aromatic N) is 4. The van der Waals surface area contributed by atoms with Crippen molar-refractivity contribution in [3.8, 4) is 0 Å². The van der Waals surface area contributed by atoms with Crippen molar-refractivity contribution < 1.29 is 4.79 Å². The molecular weight excluding hydrogens is 310 g/mol. The maximum absolute atomic E-state index is 12.2. The number of rotatable bonds is 3. The highest BCUT2D eigenvalue weighted by molar-refractivity contribution is 7.18. The van der Waals surface area contributed by atoms with Gasteiger partial charge in [-0.3, -0.25) is 10.1 Å². The van der Waals surface area contributed by atoms with E-state index in [2.05, 4.69) is 29.9 Å². The lowest BCUT2D eigenvalue weighted by Gasteiger charge is -2.26. The minimum atomic E-state index is -0.289. The number of nitrogens with one attached hydrogen (secondary N) is 2. The first-order chi connectivity index (χ1) is 10.1. The van der Waals surface area contributed by atoms with E-state index in [1.54, 1.807) is 6.92 Å². The molecule has 2 aromatic heterocycles. The van der Waals surface area contributed by atoms with Gasteiger partial charge in [-0.2, -0.15) is 4.37 Å². The molecule has 0 aliphatic carbocycles. The Hall–Kier alpha value is -1.78. The third-order valence-electron chi connectivity index (χ3n) is 2.98. The van der Waals surface area contributed by atoms with E-state index in [1.165, 1.54) is 11.3 Å². The number of hydrogen-bond acceptors (Lipinski definition) is 9. The van der Waals surface area contributed by atoms with Crippen molar-refractivity contribution in [3.63, 3.8) is 0 Å². The molecule has 2 aromatic rings. The molecule has 4 N–H and O–H groups in total. The zero-order chi connectivity index (χ0) is 14.8. The van der Waals surface area contributed by atoms with Crippen molar-refractivity contribution in [2.45, 2.75) is 6.92 Å². The smallest absolute Gasteiger partial charge is 0.271 e. The Morgan fingerprint density at radius 1 is 1.38 bits per heavy atom. The molecule has 0 radical (unpaired) electrons.